The van der Waals surface area contributed by atoms with Crippen LogP contribution in [0.1, 0.15) is 25.5 Å². The summed E-state index contributed by atoms with van der Waals surface area (Å²) in [4.78, 5) is 0. The highest BCUT2D eigenvalue weighted by molar-refractivity contribution is 5.23. The average Bonchev–Trinajstić information content (AvgIpc) is 2.26. The molecule has 0 radical (unpaired) electrons. The molecule has 1 aromatic carbocycles. The van der Waals surface area contributed by atoms with Crippen molar-refractivity contribution in [2.75, 3.05) is 7.11 Å². The van der Waals surface area contributed by atoms with E-state index >= 15 is 0 Å². The zero-order valence-electron chi connectivity index (χ0n) is 10.2. The van der Waals surface area contributed by atoms with Crippen molar-refractivity contribution in [3.8, 4) is 0 Å². The van der Waals surface area contributed by atoms with E-state index in [4.69, 9.17) is 10.6 Å². The highest BCUT2D eigenvalue weighted by Gasteiger charge is 2.27. The van der Waals surface area contributed by atoms with Gasteiger partial charge in [-0.25, -0.2) is 8.78 Å². The first-order chi connectivity index (χ1) is 8.01. The van der Waals surface area contributed by atoms with Crippen molar-refractivity contribution >= 4 is 0 Å². The fraction of sp³-hybridized carbons (Fsp3) is 0.500. The molecule has 0 aliphatic heterocycles. The molecule has 2 atom stereocenters. The van der Waals surface area contributed by atoms with Crippen LogP contribution in [0.5, 0.6) is 0 Å². The number of hydrazine groups is 1. The summed E-state index contributed by atoms with van der Waals surface area (Å²) in [5, 5.41) is 0. The number of methoxy groups -OCH3 is 1. The maximum atomic E-state index is 13.7. The van der Waals surface area contributed by atoms with Crippen molar-refractivity contribution < 1.29 is 13.5 Å². The van der Waals surface area contributed by atoms with Gasteiger partial charge in [0.2, 0.25) is 0 Å². The number of benzene rings is 1. The molecule has 0 aliphatic carbocycles. The lowest BCUT2D eigenvalue weighted by Gasteiger charge is -2.29. The largest absolute Gasteiger partial charge is 0.379 e. The van der Waals surface area contributed by atoms with Crippen molar-refractivity contribution in [3.63, 3.8) is 0 Å². The van der Waals surface area contributed by atoms with Crippen LogP contribution in [0.4, 0.5) is 8.78 Å². The fourth-order valence-electron chi connectivity index (χ4n) is 1.91. The van der Waals surface area contributed by atoms with Gasteiger partial charge in [0.1, 0.15) is 11.6 Å². The lowest BCUT2D eigenvalue weighted by molar-refractivity contribution is 0.0316. The molecule has 0 saturated heterocycles. The molecule has 0 heterocycles. The number of hydrogen-bond donors (Lipinski definition) is 2. The number of hydrogen-bond acceptors (Lipinski definition) is 3. The van der Waals surface area contributed by atoms with Crippen molar-refractivity contribution in [2.45, 2.75) is 26.0 Å². The Balaban J connectivity index is 3.08. The summed E-state index contributed by atoms with van der Waals surface area (Å²) in [5.74, 6) is 4.34. The van der Waals surface area contributed by atoms with Crippen molar-refractivity contribution in [3.05, 3.63) is 35.4 Å². The molecule has 1 aromatic rings. The van der Waals surface area contributed by atoms with E-state index in [2.05, 4.69) is 5.43 Å². The molecule has 17 heavy (non-hydrogen) atoms. The van der Waals surface area contributed by atoms with Gasteiger partial charge in [-0.1, -0.05) is 19.9 Å². The first-order valence-corrected chi connectivity index (χ1v) is 5.45. The highest BCUT2D eigenvalue weighted by Crippen LogP contribution is 2.26. The molecular formula is C12H18F2N2O. The second kappa shape index (κ2) is 6.05. The number of ether oxygens (including phenoxy) is 1. The van der Waals surface area contributed by atoms with E-state index in [1.165, 1.54) is 19.2 Å². The molecular weight excluding hydrogens is 226 g/mol. The van der Waals surface area contributed by atoms with Gasteiger partial charge in [-0.05, 0) is 12.0 Å². The Morgan fingerprint density at radius 3 is 2.35 bits per heavy atom. The van der Waals surface area contributed by atoms with Crippen molar-refractivity contribution in [2.24, 2.45) is 11.8 Å². The molecule has 96 valence electrons. The quantitative estimate of drug-likeness (QED) is 0.616. The van der Waals surface area contributed by atoms with Gasteiger partial charge in [0.05, 0.1) is 12.1 Å². The Bertz CT molecular complexity index is 372. The second-order valence-electron chi connectivity index (χ2n) is 4.25. The van der Waals surface area contributed by atoms with E-state index in [9.17, 15) is 8.78 Å². The van der Waals surface area contributed by atoms with E-state index in [1.807, 2.05) is 13.8 Å². The Morgan fingerprint density at radius 2 is 1.94 bits per heavy atom. The van der Waals surface area contributed by atoms with Crippen LogP contribution in [-0.2, 0) is 4.74 Å². The zero-order valence-corrected chi connectivity index (χ0v) is 10.2. The molecule has 3 N–H and O–H groups in total. The molecule has 0 saturated carbocycles. The average molecular weight is 244 g/mol. The minimum atomic E-state index is -0.629. The normalized spacial score (nSPS) is 15.0. The maximum absolute atomic E-state index is 13.7. The van der Waals surface area contributed by atoms with Crippen LogP contribution in [0, 0.1) is 17.6 Å². The zero-order chi connectivity index (χ0) is 13.0. The van der Waals surface area contributed by atoms with Gasteiger partial charge in [-0.15, -0.1) is 0 Å². The van der Waals surface area contributed by atoms with Gasteiger partial charge >= 0.3 is 0 Å². The van der Waals surface area contributed by atoms with Gasteiger partial charge in [0, 0.05) is 18.7 Å². The van der Waals surface area contributed by atoms with Gasteiger partial charge in [0.15, 0.2) is 0 Å². The lowest BCUT2D eigenvalue weighted by atomic mass is 9.93. The van der Waals surface area contributed by atoms with Gasteiger partial charge in [-0.3, -0.25) is 11.3 Å². The second-order valence-corrected chi connectivity index (χ2v) is 4.25. The van der Waals surface area contributed by atoms with Gasteiger partial charge < -0.3 is 4.74 Å². The van der Waals surface area contributed by atoms with Crippen molar-refractivity contribution in [1.29, 1.82) is 0 Å². The van der Waals surface area contributed by atoms with Gasteiger partial charge in [0.25, 0.3) is 0 Å². The van der Waals surface area contributed by atoms with Crippen LogP contribution in [0.25, 0.3) is 0 Å². The van der Waals surface area contributed by atoms with Crippen LogP contribution in [0.3, 0.4) is 0 Å². The minimum Gasteiger partial charge on any atom is -0.379 e. The third-order valence-electron chi connectivity index (χ3n) is 2.73. The van der Waals surface area contributed by atoms with E-state index in [1.54, 1.807) is 0 Å². The van der Waals surface area contributed by atoms with E-state index in [-0.39, 0.29) is 12.0 Å². The first kappa shape index (κ1) is 14.0. The number of nitrogens with two attached hydrogens (primary N) is 1. The van der Waals surface area contributed by atoms with Crippen LogP contribution in [0.15, 0.2) is 18.2 Å². The third kappa shape index (κ3) is 3.21. The van der Waals surface area contributed by atoms with Crippen LogP contribution < -0.4 is 11.3 Å². The topological polar surface area (TPSA) is 47.3 Å². The fourth-order valence-corrected chi connectivity index (χ4v) is 1.91. The molecule has 0 fully saturated rings. The maximum Gasteiger partial charge on any atom is 0.131 e. The molecule has 0 aliphatic rings. The molecule has 3 nitrogen and oxygen atoms in total. The van der Waals surface area contributed by atoms with Crippen LogP contribution in [0.2, 0.25) is 0 Å². The Morgan fingerprint density at radius 1 is 1.29 bits per heavy atom. The summed E-state index contributed by atoms with van der Waals surface area (Å²) in [5.41, 5.74) is 2.82. The van der Waals surface area contributed by atoms with E-state index in [0.717, 1.165) is 6.07 Å². The summed E-state index contributed by atoms with van der Waals surface area (Å²) < 4.78 is 31.8. The molecule has 5 heteroatoms. The van der Waals surface area contributed by atoms with Crippen LogP contribution in [-0.4, -0.2) is 13.2 Å². The summed E-state index contributed by atoms with van der Waals surface area (Å²) in [6.45, 7) is 3.89. The molecule has 0 aromatic heterocycles. The Hall–Kier alpha value is -1.04. The SMILES string of the molecule is COC(C(C)C)C(NN)c1ccc(F)cc1F. The first-order valence-electron chi connectivity index (χ1n) is 5.45. The van der Waals surface area contributed by atoms with E-state index < -0.39 is 17.7 Å². The molecule has 0 bridgehead atoms. The highest BCUT2D eigenvalue weighted by atomic mass is 19.1. The minimum absolute atomic E-state index is 0.144. The van der Waals surface area contributed by atoms with E-state index in [0.29, 0.717) is 5.56 Å². The summed E-state index contributed by atoms with van der Waals surface area (Å²) in [6, 6.07) is 2.91. The predicted octanol–water partition coefficient (Wildman–Crippen LogP) is 2.14. The Kier molecular flexibility index (Phi) is 4.99. The third-order valence-corrected chi connectivity index (χ3v) is 2.73. The predicted molar refractivity (Wildman–Crippen MR) is 62.1 cm³/mol. The molecule has 0 spiro atoms. The number of rotatable bonds is 5. The van der Waals surface area contributed by atoms with Crippen LogP contribution >= 0.6 is 0 Å². The molecule has 2 unspecified atom stereocenters. The van der Waals surface area contributed by atoms with Gasteiger partial charge in [-0.2, -0.15) is 0 Å². The lowest BCUT2D eigenvalue weighted by Crippen LogP contribution is -2.40. The van der Waals surface area contributed by atoms with Crippen molar-refractivity contribution in [1.82, 2.24) is 5.43 Å². The number of nitrogens with one attached hydrogen (secondary N) is 1. The summed E-state index contributed by atoms with van der Waals surface area (Å²) >= 11 is 0. The number of halogens is 2. The molecule has 1 rings (SSSR count). The molecule has 0 amide bonds. The monoisotopic (exact) mass is 244 g/mol. The smallest absolute Gasteiger partial charge is 0.131 e. The summed E-state index contributed by atoms with van der Waals surface area (Å²) in [6.07, 6.45) is -0.292. The Labute approximate surface area is 99.9 Å². The summed E-state index contributed by atoms with van der Waals surface area (Å²) in [7, 11) is 1.54. The standard InChI is InChI=1S/C12H18F2N2O/c1-7(2)12(17-3)11(16-15)9-5-4-8(13)6-10(9)14/h4-7,11-12,16H,15H2,1-3H3.